The molecule has 132 valence electrons. The van der Waals surface area contributed by atoms with Crippen LogP contribution in [0.4, 0.5) is 0 Å². The molecule has 25 heavy (non-hydrogen) atoms. The number of ether oxygens (including phenoxy) is 1. The van der Waals surface area contributed by atoms with Gasteiger partial charge in [-0.15, -0.1) is 11.6 Å². The summed E-state index contributed by atoms with van der Waals surface area (Å²) in [5.74, 6) is 3.07. The van der Waals surface area contributed by atoms with Crippen molar-refractivity contribution in [1.29, 1.82) is 0 Å². The maximum absolute atomic E-state index is 6.07. The van der Waals surface area contributed by atoms with Gasteiger partial charge in [-0.2, -0.15) is 0 Å². The van der Waals surface area contributed by atoms with E-state index in [1.807, 2.05) is 37.3 Å². The van der Waals surface area contributed by atoms with E-state index in [4.69, 9.17) is 21.3 Å². The minimum Gasteiger partial charge on any atom is -0.437 e. The van der Waals surface area contributed by atoms with Crippen molar-refractivity contribution in [2.24, 2.45) is 0 Å². The van der Waals surface area contributed by atoms with Gasteiger partial charge >= 0.3 is 0 Å². The Bertz CT molecular complexity index is 858. The van der Waals surface area contributed by atoms with Crippen LogP contribution >= 0.6 is 11.6 Å². The van der Waals surface area contributed by atoms with E-state index in [1.165, 1.54) is 0 Å². The summed E-state index contributed by atoms with van der Waals surface area (Å²) >= 11 is 5.94. The second kappa shape index (κ2) is 7.87. The molecule has 0 unspecified atom stereocenters. The van der Waals surface area contributed by atoms with Crippen LogP contribution in [0.25, 0.3) is 11.0 Å². The van der Waals surface area contributed by atoms with Gasteiger partial charge in [-0.3, -0.25) is 0 Å². The summed E-state index contributed by atoms with van der Waals surface area (Å²) in [6, 6.07) is 9.74. The highest BCUT2D eigenvalue weighted by atomic mass is 35.5. The van der Waals surface area contributed by atoms with Crippen molar-refractivity contribution >= 4 is 22.6 Å². The number of hydrogen-bond donors (Lipinski definition) is 0. The number of aromatic nitrogens is 3. The Morgan fingerprint density at radius 3 is 2.56 bits per heavy atom. The van der Waals surface area contributed by atoms with Crippen LogP contribution in [0.2, 0.25) is 0 Å². The Morgan fingerprint density at radius 1 is 1.12 bits per heavy atom. The second-order valence-electron chi connectivity index (χ2n) is 6.21. The molecular weight excluding hydrogens is 334 g/mol. The molecule has 0 aliphatic heterocycles. The molecule has 0 amide bonds. The second-order valence-corrected chi connectivity index (χ2v) is 6.59. The molecule has 2 heterocycles. The average molecular weight is 358 g/mol. The van der Waals surface area contributed by atoms with Gasteiger partial charge in [0.15, 0.2) is 5.52 Å². The largest absolute Gasteiger partial charge is 0.437 e. The van der Waals surface area contributed by atoms with Crippen LogP contribution in [0.3, 0.4) is 0 Å². The van der Waals surface area contributed by atoms with E-state index in [-0.39, 0.29) is 0 Å². The van der Waals surface area contributed by atoms with Gasteiger partial charge < -0.3 is 9.30 Å². The zero-order chi connectivity index (χ0) is 17.8. The molecular formula is C20H24ClN3O. The average Bonchev–Trinajstić information content (AvgIpc) is 2.97. The molecule has 3 rings (SSSR count). The lowest BCUT2D eigenvalue weighted by atomic mass is 10.2. The first kappa shape index (κ1) is 17.7. The molecule has 0 saturated heterocycles. The lowest BCUT2D eigenvalue weighted by Crippen LogP contribution is -2.06. The van der Waals surface area contributed by atoms with Crippen molar-refractivity contribution in [3.05, 3.63) is 47.4 Å². The van der Waals surface area contributed by atoms with Gasteiger partial charge in [0.1, 0.15) is 11.6 Å². The predicted octanol–water partition coefficient (Wildman–Crippen LogP) is 5.42. The molecule has 0 fully saturated rings. The van der Waals surface area contributed by atoms with Crippen molar-refractivity contribution in [2.75, 3.05) is 5.88 Å². The quantitative estimate of drug-likeness (QED) is 0.530. The van der Waals surface area contributed by atoms with Crippen LogP contribution in [-0.4, -0.2) is 20.4 Å². The number of fused-ring (bicyclic) bond motifs is 1. The first-order chi connectivity index (χ1) is 12.2. The monoisotopic (exact) mass is 357 g/mol. The standard InChI is InChI=1S/C20H24ClN3O/c1-4-9-17-23-18-19(24(17)13-8-12-21)14(2)15(3)22-20(18)25-16-10-6-5-7-11-16/h5-7,10-11H,4,8-9,12-13H2,1-3H3. The molecule has 0 spiro atoms. The molecule has 0 bridgehead atoms. The molecule has 0 atom stereocenters. The summed E-state index contributed by atoms with van der Waals surface area (Å²) in [5.41, 5.74) is 4.07. The SMILES string of the molecule is CCCc1nc2c(Oc3ccccc3)nc(C)c(C)c2n1CCCCl. The zero-order valence-corrected chi connectivity index (χ0v) is 15.8. The Labute approximate surface area is 153 Å². The van der Waals surface area contributed by atoms with Crippen molar-refractivity contribution in [3.63, 3.8) is 0 Å². The number of rotatable bonds is 7. The summed E-state index contributed by atoms with van der Waals surface area (Å²) in [7, 11) is 0. The fourth-order valence-corrected chi connectivity index (χ4v) is 3.15. The van der Waals surface area contributed by atoms with Gasteiger partial charge in [0, 0.05) is 24.5 Å². The van der Waals surface area contributed by atoms with Crippen LogP contribution < -0.4 is 4.74 Å². The van der Waals surface area contributed by atoms with Crippen LogP contribution in [0.15, 0.2) is 30.3 Å². The van der Waals surface area contributed by atoms with Crippen molar-refractivity contribution in [2.45, 2.75) is 46.6 Å². The fraction of sp³-hybridized carbons (Fsp3) is 0.400. The lowest BCUT2D eigenvalue weighted by molar-refractivity contribution is 0.466. The van der Waals surface area contributed by atoms with E-state index in [2.05, 4.69) is 23.4 Å². The third kappa shape index (κ3) is 3.64. The van der Waals surface area contributed by atoms with Crippen molar-refractivity contribution in [1.82, 2.24) is 14.5 Å². The Kier molecular flexibility index (Phi) is 5.59. The van der Waals surface area contributed by atoms with Crippen LogP contribution in [0.5, 0.6) is 11.6 Å². The van der Waals surface area contributed by atoms with Crippen LogP contribution in [-0.2, 0) is 13.0 Å². The number of aryl methyl sites for hydroxylation is 4. The summed E-state index contributed by atoms with van der Waals surface area (Å²) in [4.78, 5) is 9.55. The third-order valence-corrected chi connectivity index (χ3v) is 4.63. The Morgan fingerprint density at radius 2 is 1.88 bits per heavy atom. The molecule has 0 aliphatic rings. The number of alkyl halides is 1. The lowest BCUT2D eigenvalue weighted by Gasteiger charge is -2.12. The summed E-state index contributed by atoms with van der Waals surface area (Å²) in [6.45, 7) is 7.16. The van der Waals surface area contributed by atoms with Gasteiger partial charge in [0.2, 0.25) is 5.88 Å². The van der Waals surface area contributed by atoms with E-state index in [1.54, 1.807) is 0 Å². The minimum atomic E-state index is 0.575. The number of para-hydroxylation sites is 1. The van der Waals surface area contributed by atoms with E-state index < -0.39 is 0 Å². The maximum atomic E-state index is 6.07. The number of imidazole rings is 1. The maximum Gasteiger partial charge on any atom is 0.247 e. The fourth-order valence-electron chi connectivity index (χ4n) is 3.03. The molecule has 4 nitrogen and oxygen atoms in total. The van der Waals surface area contributed by atoms with Gasteiger partial charge in [0.25, 0.3) is 0 Å². The summed E-state index contributed by atoms with van der Waals surface area (Å²) in [6.07, 6.45) is 2.89. The zero-order valence-electron chi connectivity index (χ0n) is 15.1. The molecule has 0 N–H and O–H groups in total. The molecule has 3 aromatic rings. The number of hydrogen-bond acceptors (Lipinski definition) is 3. The smallest absolute Gasteiger partial charge is 0.247 e. The molecule has 0 radical (unpaired) electrons. The first-order valence-electron chi connectivity index (χ1n) is 8.80. The van der Waals surface area contributed by atoms with Crippen LogP contribution in [0, 0.1) is 13.8 Å². The van der Waals surface area contributed by atoms with Gasteiger partial charge in [-0.05, 0) is 44.4 Å². The Balaban J connectivity index is 2.16. The highest BCUT2D eigenvalue weighted by Crippen LogP contribution is 2.32. The molecule has 0 aliphatic carbocycles. The van der Waals surface area contributed by atoms with Gasteiger partial charge in [-0.25, -0.2) is 9.97 Å². The summed E-state index contributed by atoms with van der Waals surface area (Å²) in [5, 5.41) is 0. The third-order valence-electron chi connectivity index (χ3n) is 4.36. The van der Waals surface area contributed by atoms with Crippen molar-refractivity contribution < 1.29 is 4.74 Å². The molecule has 5 heteroatoms. The topological polar surface area (TPSA) is 39.9 Å². The number of benzene rings is 1. The van der Waals surface area contributed by atoms with E-state index in [9.17, 15) is 0 Å². The van der Waals surface area contributed by atoms with E-state index in [0.717, 1.165) is 59.7 Å². The predicted molar refractivity (Wildman–Crippen MR) is 103 cm³/mol. The number of nitrogens with zero attached hydrogens (tertiary/aromatic N) is 3. The highest BCUT2D eigenvalue weighted by molar-refractivity contribution is 6.17. The van der Waals surface area contributed by atoms with Gasteiger partial charge in [0.05, 0.1) is 5.52 Å². The number of pyridine rings is 1. The van der Waals surface area contributed by atoms with E-state index in [0.29, 0.717) is 11.8 Å². The van der Waals surface area contributed by atoms with Crippen LogP contribution in [0.1, 0.15) is 36.8 Å². The molecule has 2 aromatic heterocycles. The molecule has 1 aromatic carbocycles. The summed E-state index contributed by atoms with van der Waals surface area (Å²) < 4.78 is 8.36. The van der Waals surface area contributed by atoms with Gasteiger partial charge in [-0.1, -0.05) is 25.1 Å². The van der Waals surface area contributed by atoms with E-state index >= 15 is 0 Å². The first-order valence-corrected chi connectivity index (χ1v) is 9.34. The van der Waals surface area contributed by atoms with Crippen molar-refractivity contribution in [3.8, 4) is 11.6 Å². The number of halogens is 1. The minimum absolute atomic E-state index is 0.575. The molecule has 0 saturated carbocycles. The highest BCUT2D eigenvalue weighted by Gasteiger charge is 2.19. The Hall–Kier alpha value is -2.07. The normalized spacial score (nSPS) is 11.2.